The van der Waals surface area contributed by atoms with Crippen LogP contribution < -0.4 is 15.5 Å². The van der Waals surface area contributed by atoms with E-state index in [0.717, 1.165) is 16.9 Å². The van der Waals surface area contributed by atoms with Gasteiger partial charge in [-0.25, -0.2) is 0 Å². The molecule has 2 aromatic heterocycles. The summed E-state index contributed by atoms with van der Waals surface area (Å²) in [5, 5.41) is 18.3. The molecule has 0 saturated carbocycles. The predicted molar refractivity (Wildman–Crippen MR) is 150 cm³/mol. The molecule has 0 bridgehead atoms. The van der Waals surface area contributed by atoms with Gasteiger partial charge < -0.3 is 24.7 Å². The van der Waals surface area contributed by atoms with Crippen molar-refractivity contribution in [2.45, 2.75) is 19.0 Å². The number of aromatic nitrogens is 1. The molecule has 3 heterocycles. The molecule has 4 aromatic rings. The van der Waals surface area contributed by atoms with Crippen LogP contribution in [-0.4, -0.2) is 34.6 Å². The molecule has 2 atom stereocenters. The first-order valence-corrected chi connectivity index (χ1v) is 12.5. The molecule has 0 radical (unpaired) electrons. The summed E-state index contributed by atoms with van der Waals surface area (Å²) in [6, 6.07) is 20.4. The number of amides is 1. The van der Waals surface area contributed by atoms with Gasteiger partial charge in [0.15, 0.2) is 5.11 Å². The van der Waals surface area contributed by atoms with Crippen molar-refractivity contribution in [2.75, 3.05) is 23.9 Å². The summed E-state index contributed by atoms with van der Waals surface area (Å²) < 4.78 is 11.2. The number of carbonyl (C=O) groups is 1. The highest BCUT2D eigenvalue weighted by molar-refractivity contribution is 7.80. The number of thiocarbonyl (C=S) groups is 1. The smallest absolute Gasteiger partial charge is 0.280 e. The van der Waals surface area contributed by atoms with E-state index in [9.17, 15) is 14.9 Å². The minimum atomic E-state index is -0.447. The number of ether oxygens (including phenoxy) is 1. The van der Waals surface area contributed by atoms with Crippen LogP contribution in [0.1, 0.15) is 29.1 Å². The van der Waals surface area contributed by atoms with Crippen LogP contribution in [0, 0.1) is 17.0 Å². The monoisotopic (exact) mass is 543 g/mol. The Kier molecular flexibility index (Phi) is 7.35. The standard InChI is InChI=1S/C28H25N5O5S/c1-17-15-18(10-11-20(17)30-25(34)16-37-2)32-27(26(31-28(32)39)21-8-5-6-14-29-21)24-13-12-23(38-24)19-7-3-4-9-22(19)33(35)36/h3-15,26-27H,16H2,1-2H3,(H,30,34)(H,31,39)/t26-,27+/m0/s1. The SMILES string of the molecule is COCC(=O)Nc1ccc(N2C(=S)N[C@@H](c3ccccn3)[C@H]2c2ccc(-c3ccccc3[N+](=O)[O-])o2)cc1C. The van der Waals surface area contributed by atoms with Crippen molar-refractivity contribution in [3.05, 3.63) is 106 Å². The number of methoxy groups -OCH3 is 1. The van der Waals surface area contributed by atoms with E-state index in [2.05, 4.69) is 15.6 Å². The van der Waals surface area contributed by atoms with Crippen LogP contribution in [0.2, 0.25) is 0 Å². The normalized spacial score (nSPS) is 16.7. The average molecular weight is 544 g/mol. The van der Waals surface area contributed by atoms with Crippen molar-refractivity contribution in [3.63, 3.8) is 0 Å². The van der Waals surface area contributed by atoms with Gasteiger partial charge in [-0.1, -0.05) is 18.2 Å². The number of benzene rings is 2. The van der Waals surface area contributed by atoms with Crippen LogP contribution >= 0.6 is 12.2 Å². The lowest BCUT2D eigenvalue weighted by atomic mass is 10.0. The zero-order valence-electron chi connectivity index (χ0n) is 21.2. The molecule has 1 aliphatic heterocycles. The lowest BCUT2D eigenvalue weighted by molar-refractivity contribution is -0.384. The second-order valence-corrected chi connectivity index (χ2v) is 9.34. The zero-order chi connectivity index (χ0) is 27.5. The number of rotatable bonds is 8. The highest BCUT2D eigenvalue weighted by Gasteiger charge is 2.43. The number of nitro benzene ring substituents is 1. The number of nitrogens with zero attached hydrogens (tertiary/aromatic N) is 3. The lowest BCUT2D eigenvalue weighted by Gasteiger charge is -2.26. The van der Waals surface area contributed by atoms with Crippen molar-refractivity contribution >= 4 is 40.3 Å². The first kappa shape index (κ1) is 26.0. The number of carbonyl (C=O) groups excluding carboxylic acids is 1. The van der Waals surface area contributed by atoms with Crippen molar-refractivity contribution in [2.24, 2.45) is 0 Å². The minimum absolute atomic E-state index is 0.0432. The topological polar surface area (TPSA) is 123 Å². The molecule has 1 amide bonds. The maximum Gasteiger partial charge on any atom is 0.280 e. The van der Waals surface area contributed by atoms with Crippen molar-refractivity contribution in [3.8, 4) is 11.3 Å². The maximum absolute atomic E-state index is 12.0. The number of anilines is 2. The Balaban J connectivity index is 1.56. The van der Waals surface area contributed by atoms with Gasteiger partial charge in [-0.2, -0.15) is 0 Å². The fourth-order valence-electron chi connectivity index (χ4n) is 4.67. The molecule has 1 aliphatic rings. The summed E-state index contributed by atoms with van der Waals surface area (Å²) in [7, 11) is 1.46. The molecule has 11 heteroatoms. The van der Waals surface area contributed by atoms with E-state index in [1.165, 1.54) is 13.2 Å². The summed E-state index contributed by atoms with van der Waals surface area (Å²) in [4.78, 5) is 29.7. The van der Waals surface area contributed by atoms with Crippen molar-refractivity contribution in [1.29, 1.82) is 0 Å². The molecule has 0 unspecified atom stereocenters. The zero-order valence-corrected chi connectivity index (χ0v) is 22.0. The van der Waals surface area contributed by atoms with Gasteiger partial charge in [-0.3, -0.25) is 19.9 Å². The molecule has 10 nitrogen and oxygen atoms in total. The van der Waals surface area contributed by atoms with Gasteiger partial charge in [-0.15, -0.1) is 0 Å². The molecule has 39 heavy (non-hydrogen) atoms. The number of furan rings is 1. The van der Waals surface area contributed by atoms with Gasteiger partial charge in [0.05, 0.1) is 22.2 Å². The number of nitro groups is 1. The van der Waals surface area contributed by atoms with Gasteiger partial charge in [0.1, 0.15) is 24.2 Å². The Morgan fingerprint density at radius 1 is 1.18 bits per heavy atom. The third-order valence-electron chi connectivity index (χ3n) is 6.42. The lowest BCUT2D eigenvalue weighted by Crippen LogP contribution is -2.29. The molecular formula is C28H25N5O5S. The van der Waals surface area contributed by atoms with Crippen LogP contribution in [0.5, 0.6) is 0 Å². The minimum Gasteiger partial charge on any atom is -0.459 e. The first-order valence-electron chi connectivity index (χ1n) is 12.1. The van der Waals surface area contributed by atoms with Gasteiger partial charge >= 0.3 is 0 Å². The van der Waals surface area contributed by atoms with Crippen molar-refractivity contribution < 1.29 is 18.9 Å². The van der Waals surface area contributed by atoms with E-state index in [1.807, 2.05) is 54.3 Å². The Labute approximate surface area is 229 Å². The average Bonchev–Trinajstić information content (AvgIpc) is 3.55. The molecular weight excluding hydrogens is 518 g/mol. The van der Waals surface area contributed by atoms with Crippen molar-refractivity contribution in [1.82, 2.24) is 10.3 Å². The number of hydrogen-bond donors (Lipinski definition) is 2. The molecule has 198 valence electrons. The molecule has 0 aliphatic carbocycles. The van der Waals surface area contributed by atoms with Gasteiger partial charge in [0.2, 0.25) is 5.91 Å². The Bertz CT molecular complexity index is 1540. The van der Waals surface area contributed by atoms with Crippen LogP contribution in [0.15, 0.2) is 83.4 Å². The number of nitrogens with one attached hydrogen (secondary N) is 2. The van der Waals surface area contributed by atoms with Crippen LogP contribution in [-0.2, 0) is 9.53 Å². The second kappa shape index (κ2) is 11.0. The Hall–Kier alpha value is -4.61. The molecule has 2 aromatic carbocycles. The summed E-state index contributed by atoms with van der Waals surface area (Å²) in [6.07, 6.45) is 1.71. The van der Waals surface area contributed by atoms with Gasteiger partial charge in [-0.05, 0) is 73.2 Å². The first-order chi connectivity index (χ1) is 18.9. The number of hydrogen-bond acceptors (Lipinski definition) is 7. The molecule has 1 fully saturated rings. The summed E-state index contributed by atoms with van der Waals surface area (Å²) in [5.74, 6) is 0.682. The fraction of sp³-hybridized carbons (Fsp3) is 0.179. The summed E-state index contributed by atoms with van der Waals surface area (Å²) in [6.45, 7) is 1.85. The fourth-order valence-corrected chi connectivity index (χ4v) is 5.02. The van der Waals surface area contributed by atoms with E-state index in [0.29, 0.717) is 27.9 Å². The Morgan fingerprint density at radius 3 is 2.69 bits per heavy atom. The third-order valence-corrected chi connectivity index (χ3v) is 6.73. The summed E-state index contributed by atoms with van der Waals surface area (Å²) >= 11 is 5.78. The van der Waals surface area contributed by atoms with Crippen LogP contribution in [0.3, 0.4) is 0 Å². The number of aryl methyl sites for hydroxylation is 1. The highest BCUT2D eigenvalue weighted by atomic mass is 32.1. The van der Waals surface area contributed by atoms with E-state index in [-0.39, 0.29) is 24.2 Å². The predicted octanol–water partition coefficient (Wildman–Crippen LogP) is 5.32. The Morgan fingerprint density at radius 2 is 1.97 bits per heavy atom. The van der Waals surface area contributed by atoms with Crippen LogP contribution in [0.25, 0.3) is 11.3 Å². The maximum atomic E-state index is 12.0. The second-order valence-electron chi connectivity index (χ2n) is 8.95. The van der Waals surface area contributed by atoms with E-state index < -0.39 is 11.0 Å². The third kappa shape index (κ3) is 5.22. The number of para-hydroxylation sites is 1. The van der Waals surface area contributed by atoms with Crippen LogP contribution in [0.4, 0.5) is 17.1 Å². The quantitative estimate of drug-likeness (QED) is 0.173. The van der Waals surface area contributed by atoms with E-state index in [1.54, 1.807) is 30.5 Å². The molecule has 0 spiro atoms. The van der Waals surface area contributed by atoms with Gasteiger partial charge in [0, 0.05) is 30.7 Å². The van der Waals surface area contributed by atoms with E-state index in [4.69, 9.17) is 21.4 Å². The van der Waals surface area contributed by atoms with Gasteiger partial charge in [0.25, 0.3) is 5.69 Å². The summed E-state index contributed by atoms with van der Waals surface area (Å²) in [5.41, 5.74) is 3.37. The molecule has 5 rings (SSSR count). The molecule has 2 N–H and O–H groups in total. The largest absolute Gasteiger partial charge is 0.459 e. The number of pyridine rings is 1. The molecule has 1 saturated heterocycles. The highest BCUT2D eigenvalue weighted by Crippen LogP contribution is 2.44. The van der Waals surface area contributed by atoms with E-state index >= 15 is 0 Å².